The van der Waals surface area contributed by atoms with Crippen LogP contribution in [0.15, 0.2) is 48.5 Å². The van der Waals surface area contributed by atoms with Crippen LogP contribution in [-0.2, 0) is 16.1 Å². The van der Waals surface area contributed by atoms with Crippen molar-refractivity contribution < 1.29 is 24.2 Å². The van der Waals surface area contributed by atoms with Gasteiger partial charge in [-0.1, -0.05) is 44.2 Å². The molecule has 7 heteroatoms. The van der Waals surface area contributed by atoms with Gasteiger partial charge in [0.2, 0.25) is 5.91 Å². The molecule has 0 aliphatic heterocycles. The van der Waals surface area contributed by atoms with Gasteiger partial charge in [-0.25, -0.2) is 4.79 Å². The molecule has 0 radical (unpaired) electrons. The molecular weight excluding hydrogens is 372 g/mol. The van der Waals surface area contributed by atoms with Gasteiger partial charge in [0.1, 0.15) is 11.8 Å². The van der Waals surface area contributed by atoms with E-state index in [2.05, 4.69) is 10.6 Å². The molecule has 7 nitrogen and oxygen atoms in total. The number of carboxylic acid groups (broad SMARTS) is 1. The summed E-state index contributed by atoms with van der Waals surface area (Å²) in [6.07, 6.45) is 0. The highest BCUT2D eigenvalue weighted by molar-refractivity contribution is 5.98. The van der Waals surface area contributed by atoms with Crippen LogP contribution in [0.5, 0.6) is 5.75 Å². The number of ether oxygens (including phenoxy) is 1. The van der Waals surface area contributed by atoms with Gasteiger partial charge in [0.05, 0.1) is 0 Å². The Morgan fingerprint density at radius 1 is 1.07 bits per heavy atom. The van der Waals surface area contributed by atoms with Gasteiger partial charge in [0.25, 0.3) is 5.91 Å². The summed E-state index contributed by atoms with van der Waals surface area (Å²) in [5.74, 6) is -1.34. The number of carboxylic acids is 1. The predicted molar refractivity (Wildman–Crippen MR) is 109 cm³/mol. The fraction of sp³-hybridized carbons (Fsp3) is 0.318. The second-order valence-corrected chi connectivity index (χ2v) is 7.06. The molecule has 2 aromatic carbocycles. The maximum absolute atomic E-state index is 12.7. The van der Waals surface area contributed by atoms with Crippen LogP contribution in [0.1, 0.15) is 35.3 Å². The first-order chi connectivity index (χ1) is 13.8. The van der Waals surface area contributed by atoms with Crippen molar-refractivity contribution in [2.24, 2.45) is 5.92 Å². The first-order valence-corrected chi connectivity index (χ1v) is 9.35. The summed E-state index contributed by atoms with van der Waals surface area (Å²) in [5.41, 5.74) is 2.13. The third kappa shape index (κ3) is 6.64. The number of aliphatic carboxylic acids is 1. The van der Waals surface area contributed by atoms with Crippen molar-refractivity contribution in [3.63, 3.8) is 0 Å². The number of rotatable bonds is 9. The van der Waals surface area contributed by atoms with Crippen molar-refractivity contribution in [1.29, 1.82) is 0 Å². The van der Waals surface area contributed by atoms with Crippen molar-refractivity contribution >= 4 is 17.8 Å². The molecule has 0 saturated carbocycles. The lowest BCUT2D eigenvalue weighted by atomic mass is 10.0. The molecule has 0 spiro atoms. The molecule has 2 rings (SSSR count). The van der Waals surface area contributed by atoms with E-state index in [-0.39, 0.29) is 24.3 Å². The summed E-state index contributed by atoms with van der Waals surface area (Å²) in [4.78, 5) is 35.9. The molecule has 0 aliphatic carbocycles. The van der Waals surface area contributed by atoms with Crippen LogP contribution in [0.3, 0.4) is 0 Å². The third-order valence-electron chi connectivity index (χ3n) is 4.35. The second-order valence-electron chi connectivity index (χ2n) is 7.06. The minimum absolute atomic E-state index is 0.104. The van der Waals surface area contributed by atoms with E-state index in [1.807, 2.05) is 32.9 Å². The topological polar surface area (TPSA) is 105 Å². The van der Waals surface area contributed by atoms with E-state index in [4.69, 9.17) is 9.84 Å². The lowest BCUT2D eigenvalue weighted by molar-refractivity contribution is -0.139. The third-order valence-corrected chi connectivity index (χ3v) is 4.35. The summed E-state index contributed by atoms with van der Waals surface area (Å²) >= 11 is 0. The molecule has 2 amide bonds. The van der Waals surface area contributed by atoms with E-state index in [1.165, 1.54) is 0 Å². The Morgan fingerprint density at radius 3 is 2.45 bits per heavy atom. The Labute approximate surface area is 170 Å². The summed E-state index contributed by atoms with van der Waals surface area (Å²) in [6.45, 7) is 5.37. The van der Waals surface area contributed by atoms with Crippen molar-refractivity contribution in [1.82, 2.24) is 10.6 Å². The quantitative estimate of drug-likeness (QED) is 0.602. The van der Waals surface area contributed by atoms with Crippen LogP contribution in [0, 0.1) is 12.8 Å². The minimum atomic E-state index is -1.06. The van der Waals surface area contributed by atoms with E-state index >= 15 is 0 Å². The first kappa shape index (κ1) is 21.9. The van der Waals surface area contributed by atoms with Gasteiger partial charge in [0, 0.05) is 12.1 Å². The zero-order valence-corrected chi connectivity index (χ0v) is 16.8. The van der Waals surface area contributed by atoms with Crippen molar-refractivity contribution in [2.75, 3.05) is 6.61 Å². The number of hydrogen-bond acceptors (Lipinski definition) is 4. The van der Waals surface area contributed by atoms with E-state index in [9.17, 15) is 14.4 Å². The van der Waals surface area contributed by atoms with E-state index < -0.39 is 18.6 Å². The standard InChI is InChI=1S/C22H26N2O5/c1-14(2)20(24-21(27)18-10-5-4-7-15(18)3)22(28)23-12-16-8-6-9-17(11-16)29-13-19(25)26/h4-11,14,20H,12-13H2,1-3H3,(H,23,28)(H,24,27)(H,25,26). The maximum Gasteiger partial charge on any atom is 0.341 e. The Balaban J connectivity index is 1.99. The molecule has 0 saturated heterocycles. The van der Waals surface area contributed by atoms with Crippen LogP contribution < -0.4 is 15.4 Å². The Morgan fingerprint density at radius 2 is 1.79 bits per heavy atom. The van der Waals surface area contributed by atoms with Crippen LogP contribution in [0.2, 0.25) is 0 Å². The van der Waals surface area contributed by atoms with E-state index in [0.717, 1.165) is 11.1 Å². The van der Waals surface area contributed by atoms with E-state index in [1.54, 1.807) is 36.4 Å². The highest BCUT2D eigenvalue weighted by atomic mass is 16.5. The van der Waals surface area contributed by atoms with Gasteiger partial charge in [-0.05, 0) is 42.2 Å². The highest BCUT2D eigenvalue weighted by Crippen LogP contribution is 2.14. The van der Waals surface area contributed by atoms with Crippen LogP contribution in [-0.4, -0.2) is 35.5 Å². The normalized spacial score (nSPS) is 11.6. The zero-order chi connectivity index (χ0) is 21.4. The first-order valence-electron chi connectivity index (χ1n) is 9.35. The molecule has 2 aromatic rings. The lowest BCUT2D eigenvalue weighted by Gasteiger charge is -2.22. The fourth-order valence-corrected chi connectivity index (χ4v) is 2.77. The van der Waals surface area contributed by atoms with Crippen molar-refractivity contribution in [3.8, 4) is 5.75 Å². The Kier molecular flexibility index (Phi) is 7.77. The Hall–Kier alpha value is -3.35. The predicted octanol–water partition coefficient (Wildman–Crippen LogP) is 2.53. The molecule has 1 unspecified atom stereocenters. The molecule has 0 aliphatic rings. The molecule has 1 atom stereocenters. The summed E-state index contributed by atoms with van der Waals surface area (Å²) in [7, 11) is 0. The maximum atomic E-state index is 12.7. The highest BCUT2D eigenvalue weighted by Gasteiger charge is 2.25. The second kappa shape index (κ2) is 10.3. The van der Waals surface area contributed by atoms with Gasteiger partial charge in [-0.2, -0.15) is 0 Å². The van der Waals surface area contributed by atoms with Gasteiger partial charge >= 0.3 is 5.97 Å². The number of carbonyl (C=O) groups is 3. The van der Waals surface area contributed by atoms with Gasteiger partial charge < -0.3 is 20.5 Å². The largest absolute Gasteiger partial charge is 0.482 e. The molecular formula is C22H26N2O5. The lowest BCUT2D eigenvalue weighted by Crippen LogP contribution is -2.49. The summed E-state index contributed by atoms with van der Waals surface area (Å²) in [6, 6.07) is 13.4. The number of benzene rings is 2. The van der Waals surface area contributed by atoms with Gasteiger partial charge in [-0.3, -0.25) is 9.59 Å². The summed E-state index contributed by atoms with van der Waals surface area (Å²) < 4.78 is 5.14. The monoisotopic (exact) mass is 398 g/mol. The molecule has 0 heterocycles. The minimum Gasteiger partial charge on any atom is -0.482 e. The fourth-order valence-electron chi connectivity index (χ4n) is 2.77. The molecule has 0 aromatic heterocycles. The van der Waals surface area contributed by atoms with Crippen molar-refractivity contribution in [3.05, 3.63) is 65.2 Å². The molecule has 3 N–H and O–H groups in total. The number of carbonyl (C=O) groups excluding carboxylic acids is 2. The van der Waals surface area contributed by atoms with Crippen LogP contribution in [0.4, 0.5) is 0 Å². The van der Waals surface area contributed by atoms with Crippen LogP contribution >= 0.6 is 0 Å². The van der Waals surface area contributed by atoms with Gasteiger partial charge in [-0.15, -0.1) is 0 Å². The number of nitrogens with one attached hydrogen (secondary N) is 2. The average Bonchev–Trinajstić information content (AvgIpc) is 2.69. The van der Waals surface area contributed by atoms with Gasteiger partial charge in [0.15, 0.2) is 6.61 Å². The average molecular weight is 398 g/mol. The van der Waals surface area contributed by atoms with Crippen molar-refractivity contribution in [2.45, 2.75) is 33.4 Å². The number of hydrogen-bond donors (Lipinski definition) is 3. The number of amides is 2. The van der Waals surface area contributed by atoms with Crippen LogP contribution in [0.25, 0.3) is 0 Å². The van der Waals surface area contributed by atoms with E-state index in [0.29, 0.717) is 11.3 Å². The molecule has 0 bridgehead atoms. The SMILES string of the molecule is Cc1ccccc1C(=O)NC(C(=O)NCc1cccc(OCC(=O)O)c1)C(C)C. The number of aryl methyl sites for hydroxylation is 1. The smallest absolute Gasteiger partial charge is 0.341 e. The zero-order valence-electron chi connectivity index (χ0n) is 16.8. The molecule has 154 valence electrons. The molecule has 29 heavy (non-hydrogen) atoms. The summed E-state index contributed by atoms with van der Waals surface area (Å²) in [5, 5.41) is 14.3. The Bertz CT molecular complexity index is 879. The molecule has 0 fully saturated rings.